The van der Waals surface area contributed by atoms with Crippen LogP contribution in [0, 0.1) is 71.9 Å². The first-order valence-corrected chi connectivity index (χ1v) is 11.4. The van der Waals surface area contributed by atoms with E-state index in [0.29, 0.717) is 54.1 Å². The molecule has 0 nitrogen and oxygen atoms in total. The zero-order valence-corrected chi connectivity index (χ0v) is 19.7. The molecule has 146 valence electrons. The summed E-state index contributed by atoms with van der Waals surface area (Å²) in [6.07, 6.45) is 0. The van der Waals surface area contributed by atoms with Gasteiger partial charge in [0.1, 0.15) is 0 Å². The lowest BCUT2D eigenvalue weighted by Gasteiger charge is -2.72. The predicted octanol–water partition coefficient (Wildman–Crippen LogP) is 7.04. The van der Waals surface area contributed by atoms with Crippen LogP contribution in [0.25, 0.3) is 0 Å². The molecule has 0 radical (unpaired) electrons. The van der Waals surface area contributed by atoms with E-state index >= 15 is 0 Å². The summed E-state index contributed by atoms with van der Waals surface area (Å²) in [5.74, 6) is 2.64. The lowest BCUT2D eigenvalue weighted by molar-refractivity contribution is -0.257. The highest BCUT2D eigenvalue weighted by Gasteiger charge is 3.17. The molecule has 0 aromatic heterocycles. The van der Waals surface area contributed by atoms with Gasteiger partial charge in [-0.2, -0.15) is 0 Å². The van der Waals surface area contributed by atoms with E-state index < -0.39 is 0 Å². The van der Waals surface area contributed by atoms with Gasteiger partial charge in [0.25, 0.3) is 0 Å². The predicted molar refractivity (Wildman–Crippen MR) is 109 cm³/mol. The molecule has 0 aromatic carbocycles. The first-order chi connectivity index (χ1) is 11.4. The quantitative estimate of drug-likeness (QED) is 0.437. The van der Waals surface area contributed by atoms with Gasteiger partial charge in [0, 0.05) is 0 Å². The summed E-state index contributed by atoms with van der Waals surface area (Å²) in [6, 6.07) is 0. The second kappa shape index (κ2) is 3.02. The van der Waals surface area contributed by atoms with Gasteiger partial charge in [-0.1, -0.05) is 90.0 Å². The molecule has 0 aromatic rings. The summed E-state index contributed by atoms with van der Waals surface area (Å²) in [4.78, 5) is 0. The van der Waals surface area contributed by atoms with E-state index in [2.05, 4.69) is 90.0 Å². The monoisotopic (exact) mass is 354 g/mol. The minimum atomic E-state index is 0.386. The van der Waals surface area contributed by atoms with Crippen LogP contribution in [-0.2, 0) is 0 Å². The fraction of sp³-hybridized carbons (Fsp3) is 1.00. The Balaban J connectivity index is 1.94. The molecule has 8 fully saturated rings. The number of rotatable bonds is 0. The van der Waals surface area contributed by atoms with Crippen molar-refractivity contribution >= 4 is 0 Å². The van der Waals surface area contributed by atoms with Crippen LogP contribution in [-0.4, -0.2) is 0 Å². The van der Waals surface area contributed by atoms with Crippen LogP contribution in [0.15, 0.2) is 0 Å². The molecular formula is C26H42. The van der Waals surface area contributed by atoms with Crippen LogP contribution in [0.4, 0.5) is 0 Å². The molecule has 8 aliphatic rings. The van der Waals surface area contributed by atoms with Gasteiger partial charge in [-0.3, -0.25) is 0 Å². The van der Waals surface area contributed by atoms with E-state index in [-0.39, 0.29) is 0 Å². The summed E-state index contributed by atoms with van der Waals surface area (Å²) < 4.78 is 0. The van der Waals surface area contributed by atoms with Crippen molar-refractivity contribution in [2.24, 2.45) is 71.9 Å². The van der Waals surface area contributed by atoms with Gasteiger partial charge in [-0.15, -0.1) is 0 Å². The van der Waals surface area contributed by atoms with Crippen molar-refractivity contribution in [2.75, 3.05) is 0 Å². The molecular weight excluding hydrogens is 312 g/mol. The topological polar surface area (TPSA) is 0 Å². The highest BCUT2D eigenvalue weighted by atomic mass is 15.2. The first kappa shape index (κ1) is 16.9. The van der Waals surface area contributed by atoms with Crippen LogP contribution in [0.1, 0.15) is 90.0 Å². The van der Waals surface area contributed by atoms with E-state index in [9.17, 15) is 0 Å². The lowest BCUT2D eigenvalue weighted by Crippen LogP contribution is -2.68. The molecule has 8 rings (SSSR count). The van der Waals surface area contributed by atoms with Crippen molar-refractivity contribution in [1.29, 1.82) is 0 Å². The second-order valence-corrected chi connectivity index (χ2v) is 14.2. The lowest BCUT2D eigenvalue weighted by atomic mass is 9.31. The smallest absolute Gasteiger partial charge is 0.00693 e. The third-order valence-electron chi connectivity index (χ3n) is 16.9. The highest BCUT2D eigenvalue weighted by molar-refractivity contribution is 5.63. The van der Waals surface area contributed by atoms with E-state index in [1.807, 2.05) is 0 Å². The summed E-state index contributed by atoms with van der Waals surface area (Å²) in [7, 11) is 0. The van der Waals surface area contributed by atoms with Crippen molar-refractivity contribution in [3.63, 3.8) is 0 Å². The fourth-order valence-corrected chi connectivity index (χ4v) is 16.2. The summed E-state index contributed by atoms with van der Waals surface area (Å²) in [5.41, 5.74) is 4.32. The summed E-state index contributed by atoms with van der Waals surface area (Å²) >= 11 is 0. The molecule has 0 heteroatoms. The Kier molecular flexibility index (Phi) is 1.97. The Morgan fingerprint density at radius 3 is 1.04 bits per heavy atom. The van der Waals surface area contributed by atoms with Gasteiger partial charge >= 0.3 is 0 Å². The molecule has 8 atom stereocenters. The second-order valence-electron chi connectivity index (χ2n) is 14.2. The third kappa shape index (κ3) is 0.621. The van der Waals surface area contributed by atoms with Crippen molar-refractivity contribution in [2.45, 2.75) is 90.0 Å². The Bertz CT molecular complexity index is 771. The molecule has 0 aliphatic heterocycles. The molecule has 1 spiro atoms. The minimum Gasteiger partial charge on any atom is -0.0616 e. The average molecular weight is 355 g/mol. The van der Waals surface area contributed by atoms with Crippen LogP contribution >= 0.6 is 0 Å². The summed E-state index contributed by atoms with van der Waals surface area (Å²) in [6.45, 7) is 35.5. The SMILES string of the molecule is CC1C2C(C)C3(C)C1(C)C1(C)C4(C)C(C)(C)C5(C)C(C)(C)C4(C)C3(C)C251. The standard InChI is InChI=1S/C26H42/c1-14-16-15(2)20(8)19(14,7)24(12)22(10)17(3,4)21(9)18(5,6)23(22,11)25(20,13)26(16,21)24/h14-16H,1-13H3. The van der Waals surface area contributed by atoms with E-state index in [1.165, 1.54) is 0 Å². The van der Waals surface area contributed by atoms with Gasteiger partial charge in [0.05, 0.1) is 0 Å². The molecule has 0 saturated heterocycles. The van der Waals surface area contributed by atoms with E-state index in [4.69, 9.17) is 0 Å². The maximum atomic E-state index is 2.81. The van der Waals surface area contributed by atoms with Crippen molar-refractivity contribution < 1.29 is 0 Å². The van der Waals surface area contributed by atoms with E-state index in [0.717, 1.165) is 17.8 Å². The Morgan fingerprint density at radius 2 is 0.731 bits per heavy atom. The first-order valence-electron chi connectivity index (χ1n) is 11.4. The van der Waals surface area contributed by atoms with E-state index in [1.54, 1.807) is 0 Å². The molecule has 26 heavy (non-hydrogen) atoms. The Labute approximate surface area is 162 Å². The van der Waals surface area contributed by atoms with Crippen LogP contribution in [0.5, 0.6) is 0 Å². The maximum Gasteiger partial charge on any atom is -0.00693 e. The fourth-order valence-electron chi connectivity index (χ4n) is 16.2. The van der Waals surface area contributed by atoms with Crippen molar-refractivity contribution in [3.05, 3.63) is 0 Å². The molecule has 8 aliphatic carbocycles. The number of hydrogen-bond acceptors (Lipinski definition) is 0. The Hall–Kier alpha value is 0. The number of hydrogen-bond donors (Lipinski definition) is 0. The largest absolute Gasteiger partial charge is 0.0616 e. The normalized spacial score (nSPS) is 80.4. The maximum absolute atomic E-state index is 2.81. The van der Waals surface area contributed by atoms with Crippen LogP contribution in [0.2, 0.25) is 0 Å². The molecule has 9 bridgehead atoms. The van der Waals surface area contributed by atoms with Crippen LogP contribution < -0.4 is 0 Å². The van der Waals surface area contributed by atoms with Gasteiger partial charge in [-0.25, -0.2) is 0 Å². The van der Waals surface area contributed by atoms with Gasteiger partial charge in [0.15, 0.2) is 0 Å². The minimum absolute atomic E-state index is 0.386. The highest BCUT2D eigenvalue weighted by Crippen LogP contribution is 3.20. The Morgan fingerprint density at radius 1 is 0.423 bits per heavy atom. The average Bonchev–Trinajstić information content (AvgIpc) is 3.05. The van der Waals surface area contributed by atoms with Gasteiger partial charge in [-0.05, 0) is 71.9 Å². The third-order valence-corrected chi connectivity index (χ3v) is 16.9. The molecule has 0 N–H and O–H groups in total. The van der Waals surface area contributed by atoms with Crippen molar-refractivity contribution in [3.8, 4) is 0 Å². The van der Waals surface area contributed by atoms with Crippen LogP contribution in [0.3, 0.4) is 0 Å². The van der Waals surface area contributed by atoms with Crippen molar-refractivity contribution in [1.82, 2.24) is 0 Å². The van der Waals surface area contributed by atoms with Gasteiger partial charge in [0.2, 0.25) is 0 Å². The van der Waals surface area contributed by atoms with Gasteiger partial charge < -0.3 is 0 Å². The zero-order valence-electron chi connectivity index (χ0n) is 19.7. The molecule has 0 amide bonds. The summed E-state index contributed by atoms with van der Waals surface area (Å²) in [5, 5.41) is 0. The zero-order chi connectivity index (χ0) is 19.7. The molecule has 8 saturated carbocycles. The molecule has 0 heterocycles. The molecule has 8 unspecified atom stereocenters.